The van der Waals surface area contributed by atoms with Gasteiger partial charge in [-0.15, -0.1) is 0 Å². The maximum atomic E-state index is 13.1. The molecule has 8 heteroatoms. The molecule has 0 unspecified atom stereocenters. The molecule has 0 aliphatic rings. The Hall–Kier alpha value is -3.26. The Balaban J connectivity index is 2.00. The van der Waals surface area contributed by atoms with Crippen LogP contribution in [-0.2, 0) is 21.2 Å². The van der Waals surface area contributed by atoms with E-state index in [1.54, 1.807) is 18.2 Å². The minimum atomic E-state index is -3.86. The fraction of sp³-hybridized carbons (Fsp3) is 0.370. The van der Waals surface area contributed by atoms with E-state index in [4.69, 9.17) is 0 Å². The van der Waals surface area contributed by atoms with Gasteiger partial charge in [0.15, 0.2) is 0 Å². The highest BCUT2D eigenvalue weighted by molar-refractivity contribution is 7.92. The molecule has 0 aliphatic carbocycles. The van der Waals surface area contributed by atoms with Crippen molar-refractivity contribution in [2.24, 2.45) is 5.92 Å². The summed E-state index contributed by atoms with van der Waals surface area (Å²) in [6, 6.07) is 14.6. The van der Waals surface area contributed by atoms with Gasteiger partial charge in [0, 0.05) is 17.3 Å². The van der Waals surface area contributed by atoms with Crippen molar-refractivity contribution in [3.05, 3.63) is 70.9 Å². The quantitative estimate of drug-likeness (QED) is 0.367. The van der Waals surface area contributed by atoms with Gasteiger partial charge in [-0.3, -0.25) is 4.79 Å². The van der Waals surface area contributed by atoms with Gasteiger partial charge in [-0.1, -0.05) is 44.2 Å². The van der Waals surface area contributed by atoms with Gasteiger partial charge in [0.1, 0.15) is 0 Å². The maximum Gasteiger partial charge on any atom is 0.264 e. The summed E-state index contributed by atoms with van der Waals surface area (Å²) < 4.78 is 28.7. The number of rotatable bonds is 11. The fourth-order valence-corrected chi connectivity index (χ4v) is 5.28. The van der Waals surface area contributed by atoms with E-state index < -0.39 is 10.0 Å². The molecule has 0 aliphatic heterocycles. The van der Waals surface area contributed by atoms with E-state index in [0.717, 1.165) is 35.1 Å². The zero-order valence-corrected chi connectivity index (χ0v) is 21.8. The fourth-order valence-electron chi connectivity index (χ4n) is 4.24. The number of anilines is 1. The van der Waals surface area contributed by atoms with Crippen LogP contribution < -0.4 is 10.0 Å². The Morgan fingerprint density at radius 2 is 1.66 bits per heavy atom. The largest absolute Gasteiger partial charge is 0.356 e. The monoisotopic (exact) mass is 494 g/mol. The average Bonchev–Trinajstić information content (AvgIpc) is 2.77. The van der Waals surface area contributed by atoms with Gasteiger partial charge in [-0.05, 0) is 80.8 Å². The molecule has 0 spiro atoms. The average molecular weight is 495 g/mol. The van der Waals surface area contributed by atoms with Crippen LogP contribution in [0.1, 0.15) is 49.1 Å². The van der Waals surface area contributed by atoms with E-state index in [-0.39, 0.29) is 16.9 Å². The summed E-state index contributed by atoms with van der Waals surface area (Å²) >= 11 is 0. The number of nitrogens with one attached hydrogen (secondary N) is 2. The molecule has 1 heterocycles. The van der Waals surface area contributed by atoms with Crippen molar-refractivity contribution in [2.75, 3.05) is 4.72 Å². The molecule has 0 saturated heterocycles. The smallest absolute Gasteiger partial charge is 0.264 e. The number of carbonyl (C=O) groups is 1. The third-order valence-corrected chi connectivity index (χ3v) is 7.18. The highest BCUT2D eigenvalue weighted by Crippen LogP contribution is 2.28. The molecule has 0 saturated carbocycles. The van der Waals surface area contributed by atoms with E-state index in [2.05, 4.69) is 33.9 Å². The number of carbonyl (C=O) groups excluding carboxylic acids is 1. The Morgan fingerprint density at radius 1 is 0.971 bits per heavy atom. The highest BCUT2D eigenvalue weighted by atomic mass is 32.2. The highest BCUT2D eigenvalue weighted by Gasteiger charge is 2.19. The lowest BCUT2D eigenvalue weighted by Gasteiger charge is -2.18. The first-order valence-corrected chi connectivity index (χ1v) is 13.3. The third-order valence-electron chi connectivity index (χ3n) is 5.85. The number of sulfonamides is 1. The normalized spacial score (nSPS) is 12.4. The molecule has 1 atom stereocenters. The molecular weight excluding hydrogens is 460 g/mol. The van der Waals surface area contributed by atoms with Gasteiger partial charge in [0.2, 0.25) is 12.4 Å². The van der Waals surface area contributed by atoms with Crippen molar-refractivity contribution < 1.29 is 13.2 Å². The van der Waals surface area contributed by atoms with E-state index in [9.17, 15) is 13.2 Å². The van der Waals surface area contributed by atoms with Gasteiger partial charge < -0.3 is 5.32 Å². The number of aromatic nitrogens is 2. The van der Waals surface area contributed by atoms with Crippen molar-refractivity contribution in [1.82, 2.24) is 15.3 Å². The molecule has 2 N–H and O–H groups in total. The van der Waals surface area contributed by atoms with Crippen LogP contribution >= 0.6 is 0 Å². The molecule has 1 amide bonds. The lowest BCUT2D eigenvalue weighted by atomic mass is 9.97. The molecule has 35 heavy (non-hydrogen) atoms. The summed E-state index contributed by atoms with van der Waals surface area (Å²) in [5.74, 6) is 0.463. The van der Waals surface area contributed by atoms with Gasteiger partial charge in [0.25, 0.3) is 10.0 Å². The molecule has 2 aromatic carbocycles. The van der Waals surface area contributed by atoms with Crippen LogP contribution in [0.25, 0.3) is 11.3 Å². The number of hydrogen-bond donors (Lipinski definition) is 2. The molecule has 1 aromatic heterocycles. The molecule has 0 bridgehead atoms. The molecule has 0 fully saturated rings. The van der Waals surface area contributed by atoms with E-state index in [1.165, 1.54) is 0 Å². The second-order valence-electron chi connectivity index (χ2n) is 9.41. The lowest BCUT2D eigenvalue weighted by molar-refractivity contribution is -0.110. The minimum Gasteiger partial charge on any atom is -0.356 e. The predicted octanol–water partition coefficient (Wildman–Crippen LogP) is 4.96. The maximum absolute atomic E-state index is 13.1. The van der Waals surface area contributed by atoms with Crippen LogP contribution in [0.3, 0.4) is 0 Å². The number of hydrogen-bond acceptors (Lipinski definition) is 5. The Labute approximate surface area is 208 Å². The van der Waals surface area contributed by atoms with Crippen molar-refractivity contribution in [3.63, 3.8) is 0 Å². The SMILES string of the molecule is Cc1cccc(S(=O)(=O)Nc2nc(CC[C@@H](CC(C)C)NC=O)cc(-c3c(C)cccc3C)n2)c1. The molecule has 186 valence electrons. The van der Waals surface area contributed by atoms with E-state index >= 15 is 0 Å². The Kier molecular flexibility index (Phi) is 8.62. The van der Waals surface area contributed by atoms with Crippen molar-refractivity contribution in [2.45, 2.75) is 64.8 Å². The van der Waals surface area contributed by atoms with E-state index in [0.29, 0.717) is 30.1 Å². The van der Waals surface area contributed by atoms with Gasteiger partial charge >= 0.3 is 0 Å². The molecular formula is C27H34N4O3S. The summed E-state index contributed by atoms with van der Waals surface area (Å²) in [7, 11) is -3.86. The summed E-state index contributed by atoms with van der Waals surface area (Å²) in [5.41, 5.74) is 5.26. The standard InChI is InChI=1S/C27H34N4O3S/c1-18(2)14-22(28-17-32)12-13-23-16-25(26-20(4)9-7-10-21(26)5)30-27(29-23)31-35(33,34)24-11-6-8-19(3)15-24/h6-11,15-18,22H,12-14H2,1-5H3,(H,28,32)(H,29,30,31)/t22-/m0/s1. The third kappa shape index (κ3) is 7.11. The first kappa shape index (κ1) is 26.3. The van der Waals surface area contributed by atoms with Gasteiger partial charge in [0.05, 0.1) is 10.6 Å². The van der Waals surface area contributed by atoms with Crippen molar-refractivity contribution in [1.29, 1.82) is 0 Å². The topological polar surface area (TPSA) is 101 Å². The van der Waals surface area contributed by atoms with Crippen LogP contribution in [0.2, 0.25) is 0 Å². The van der Waals surface area contributed by atoms with E-state index in [1.807, 2.05) is 51.1 Å². The lowest BCUT2D eigenvalue weighted by Crippen LogP contribution is -2.29. The Morgan fingerprint density at radius 3 is 2.29 bits per heavy atom. The zero-order chi connectivity index (χ0) is 25.6. The summed E-state index contributed by atoms with van der Waals surface area (Å²) in [4.78, 5) is 20.4. The Bertz CT molecular complexity index is 1270. The minimum absolute atomic E-state index is 0.0125. The summed E-state index contributed by atoms with van der Waals surface area (Å²) in [6.07, 6.45) is 2.83. The second kappa shape index (κ2) is 11.4. The van der Waals surface area contributed by atoms with Gasteiger partial charge in [-0.2, -0.15) is 0 Å². The predicted molar refractivity (Wildman–Crippen MR) is 140 cm³/mol. The van der Waals surface area contributed by atoms with Crippen LogP contribution in [0, 0.1) is 26.7 Å². The zero-order valence-electron chi connectivity index (χ0n) is 21.0. The van der Waals surface area contributed by atoms with Crippen molar-refractivity contribution >= 4 is 22.4 Å². The van der Waals surface area contributed by atoms with Crippen LogP contribution in [-0.4, -0.2) is 30.8 Å². The molecule has 3 aromatic rings. The number of aryl methyl sites for hydroxylation is 4. The van der Waals surface area contributed by atoms with Crippen molar-refractivity contribution in [3.8, 4) is 11.3 Å². The first-order chi connectivity index (χ1) is 16.6. The van der Waals surface area contributed by atoms with Crippen LogP contribution in [0.5, 0.6) is 0 Å². The first-order valence-electron chi connectivity index (χ1n) is 11.8. The summed E-state index contributed by atoms with van der Waals surface area (Å²) in [5, 5.41) is 2.89. The number of benzene rings is 2. The number of amides is 1. The second-order valence-corrected chi connectivity index (χ2v) is 11.1. The number of nitrogens with zero attached hydrogens (tertiary/aromatic N) is 2. The summed E-state index contributed by atoms with van der Waals surface area (Å²) in [6.45, 7) is 10.1. The van der Waals surface area contributed by atoms with Gasteiger partial charge in [-0.25, -0.2) is 23.1 Å². The molecule has 3 rings (SSSR count). The molecule has 0 radical (unpaired) electrons. The van der Waals surface area contributed by atoms with Crippen LogP contribution in [0.4, 0.5) is 5.95 Å². The van der Waals surface area contributed by atoms with Crippen LogP contribution in [0.15, 0.2) is 53.4 Å². The molecule has 7 nitrogen and oxygen atoms in total.